The van der Waals surface area contributed by atoms with Crippen LogP contribution in [0.5, 0.6) is 0 Å². The van der Waals surface area contributed by atoms with Crippen molar-refractivity contribution in [3.05, 3.63) is 62.1 Å². The molecular formula is C16H13N3O3S. The van der Waals surface area contributed by atoms with Crippen LogP contribution in [-0.2, 0) is 0 Å². The molecule has 0 aliphatic rings. The Labute approximate surface area is 135 Å². The van der Waals surface area contributed by atoms with Gasteiger partial charge in [0, 0.05) is 39.2 Å². The number of ketones is 1. The molecule has 0 radical (unpaired) electrons. The van der Waals surface area contributed by atoms with E-state index in [0.717, 1.165) is 15.4 Å². The Morgan fingerprint density at radius 2 is 1.91 bits per heavy atom. The second-order valence-corrected chi connectivity index (χ2v) is 6.40. The Balaban J connectivity index is 2.15. The Bertz CT molecular complexity index is 945. The van der Waals surface area contributed by atoms with Gasteiger partial charge < -0.3 is 5.73 Å². The van der Waals surface area contributed by atoms with Gasteiger partial charge >= 0.3 is 0 Å². The number of aryl methyl sites for hydroxylation is 2. The molecule has 3 aromatic rings. The first kappa shape index (κ1) is 15.1. The van der Waals surface area contributed by atoms with Gasteiger partial charge in [0.1, 0.15) is 4.83 Å². The summed E-state index contributed by atoms with van der Waals surface area (Å²) in [6.45, 7) is 3.70. The standard InChI is InChI=1S/C16H13N3O3S/c1-8-7-12(13-14(17)9(2)23-16(13)18-8)15(20)10-3-5-11(6-4-10)19(21)22/h3-7H,17H2,1-2H3. The number of anilines is 1. The smallest absolute Gasteiger partial charge is 0.269 e. The first-order chi connectivity index (χ1) is 10.9. The fraction of sp³-hybridized carbons (Fsp3) is 0.125. The van der Waals surface area contributed by atoms with E-state index in [4.69, 9.17) is 5.73 Å². The minimum Gasteiger partial charge on any atom is -0.397 e. The number of nitro benzene ring substituents is 1. The molecule has 1 aromatic carbocycles. The third-order valence-corrected chi connectivity index (χ3v) is 4.61. The molecule has 0 aliphatic heterocycles. The minimum atomic E-state index is -0.497. The van der Waals surface area contributed by atoms with Crippen molar-refractivity contribution >= 4 is 38.7 Å². The lowest BCUT2D eigenvalue weighted by Gasteiger charge is -2.05. The average molecular weight is 327 g/mol. The SMILES string of the molecule is Cc1cc(C(=O)c2ccc([N+](=O)[O-])cc2)c2c(N)c(C)sc2n1. The predicted molar refractivity (Wildman–Crippen MR) is 90.0 cm³/mol. The minimum absolute atomic E-state index is 0.0523. The lowest BCUT2D eigenvalue weighted by Crippen LogP contribution is -2.04. The topological polar surface area (TPSA) is 99.1 Å². The lowest BCUT2D eigenvalue weighted by atomic mass is 10.00. The number of nitrogen functional groups attached to an aromatic ring is 1. The van der Waals surface area contributed by atoms with Gasteiger partial charge in [0.15, 0.2) is 5.78 Å². The quantitative estimate of drug-likeness (QED) is 0.450. The molecule has 0 atom stereocenters. The summed E-state index contributed by atoms with van der Waals surface area (Å²) in [5.41, 5.74) is 8.18. The highest BCUT2D eigenvalue weighted by molar-refractivity contribution is 7.19. The molecule has 2 aromatic heterocycles. The number of aromatic nitrogens is 1. The number of rotatable bonds is 3. The Morgan fingerprint density at radius 1 is 1.26 bits per heavy atom. The highest BCUT2D eigenvalue weighted by atomic mass is 32.1. The second kappa shape index (κ2) is 5.44. The predicted octanol–water partition coefficient (Wildman–Crippen LogP) is 3.63. The zero-order chi connectivity index (χ0) is 16.7. The Morgan fingerprint density at radius 3 is 2.52 bits per heavy atom. The molecule has 2 heterocycles. The first-order valence-corrected chi connectivity index (χ1v) is 7.65. The van der Waals surface area contributed by atoms with E-state index in [9.17, 15) is 14.9 Å². The summed E-state index contributed by atoms with van der Waals surface area (Å²) in [5.74, 6) is -0.222. The fourth-order valence-electron chi connectivity index (χ4n) is 2.42. The van der Waals surface area contributed by atoms with E-state index in [2.05, 4.69) is 4.98 Å². The molecule has 3 rings (SSSR count). The Hall–Kier alpha value is -2.80. The summed E-state index contributed by atoms with van der Waals surface area (Å²) < 4.78 is 0. The van der Waals surface area contributed by atoms with Gasteiger partial charge in [-0.25, -0.2) is 4.98 Å². The van der Waals surface area contributed by atoms with E-state index >= 15 is 0 Å². The zero-order valence-electron chi connectivity index (χ0n) is 12.5. The third-order valence-electron chi connectivity index (χ3n) is 3.60. The molecule has 2 N–H and O–H groups in total. The molecule has 0 fully saturated rings. The number of fused-ring (bicyclic) bond motifs is 1. The molecule has 0 amide bonds. The van der Waals surface area contributed by atoms with E-state index in [1.807, 2.05) is 13.8 Å². The van der Waals surface area contributed by atoms with E-state index in [0.29, 0.717) is 22.2 Å². The van der Waals surface area contributed by atoms with Crippen LogP contribution in [0.25, 0.3) is 10.2 Å². The summed E-state index contributed by atoms with van der Waals surface area (Å²) in [7, 11) is 0. The number of carbonyl (C=O) groups excluding carboxylic acids is 1. The van der Waals surface area contributed by atoms with Gasteiger partial charge in [0.05, 0.1) is 10.6 Å². The highest BCUT2D eigenvalue weighted by Gasteiger charge is 2.19. The first-order valence-electron chi connectivity index (χ1n) is 6.84. The van der Waals surface area contributed by atoms with Crippen LogP contribution in [0.15, 0.2) is 30.3 Å². The molecule has 0 saturated carbocycles. The van der Waals surface area contributed by atoms with Gasteiger partial charge in [0.2, 0.25) is 0 Å². The molecule has 0 saturated heterocycles. The highest BCUT2D eigenvalue weighted by Crippen LogP contribution is 2.35. The number of benzene rings is 1. The Kier molecular flexibility index (Phi) is 3.57. The van der Waals surface area contributed by atoms with Crippen molar-refractivity contribution in [2.24, 2.45) is 0 Å². The van der Waals surface area contributed by atoms with Gasteiger partial charge in [-0.05, 0) is 32.0 Å². The summed E-state index contributed by atoms with van der Waals surface area (Å²) in [4.78, 5) is 29.1. The number of nitrogens with two attached hydrogens (primary N) is 1. The number of thiophene rings is 1. The van der Waals surface area contributed by atoms with Crippen molar-refractivity contribution in [3.63, 3.8) is 0 Å². The molecule has 0 spiro atoms. The van der Waals surface area contributed by atoms with E-state index < -0.39 is 4.92 Å². The van der Waals surface area contributed by atoms with Crippen molar-refractivity contribution < 1.29 is 9.72 Å². The van der Waals surface area contributed by atoms with Crippen LogP contribution in [0.4, 0.5) is 11.4 Å². The van der Waals surface area contributed by atoms with Crippen molar-refractivity contribution in [2.75, 3.05) is 5.73 Å². The van der Waals surface area contributed by atoms with Crippen LogP contribution in [-0.4, -0.2) is 15.7 Å². The molecule has 6 nitrogen and oxygen atoms in total. The van der Waals surface area contributed by atoms with E-state index in [1.54, 1.807) is 6.07 Å². The zero-order valence-corrected chi connectivity index (χ0v) is 13.3. The molecule has 23 heavy (non-hydrogen) atoms. The summed E-state index contributed by atoms with van der Waals surface area (Å²) >= 11 is 1.45. The van der Waals surface area contributed by atoms with Gasteiger partial charge in [-0.2, -0.15) is 0 Å². The van der Waals surface area contributed by atoms with Gasteiger partial charge in [-0.1, -0.05) is 0 Å². The fourth-order valence-corrected chi connectivity index (χ4v) is 3.44. The van der Waals surface area contributed by atoms with Crippen LogP contribution in [0.3, 0.4) is 0 Å². The summed E-state index contributed by atoms with van der Waals surface area (Å²) in [6, 6.07) is 7.25. The number of hydrogen-bond acceptors (Lipinski definition) is 6. The van der Waals surface area contributed by atoms with E-state index in [1.165, 1.54) is 35.6 Å². The number of non-ortho nitro benzene ring substituents is 1. The summed E-state index contributed by atoms with van der Waals surface area (Å²) in [6.07, 6.45) is 0. The largest absolute Gasteiger partial charge is 0.397 e. The van der Waals surface area contributed by atoms with Gasteiger partial charge in [0.25, 0.3) is 5.69 Å². The summed E-state index contributed by atoms with van der Waals surface area (Å²) in [5, 5.41) is 11.4. The van der Waals surface area contributed by atoms with Crippen molar-refractivity contribution in [1.29, 1.82) is 0 Å². The number of hydrogen-bond donors (Lipinski definition) is 1. The number of pyridine rings is 1. The number of carbonyl (C=O) groups is 1. The van der Waals surface area contributed by atoms with Crippen LogP contribution in [0.2, 0.25) is 0 Å². The van der Waals surface area contributed by atoms with Crippen molar-refractivity contribution in [2.45, 2.75) is 13.8 Å². The van der Waals surface area contributed by atoms with E-state index in [-0.39, 0.29) is 11.5 Å². The van der Waals surface area contributed by atoms with Crippen LogP contribution >= 0.6 is 11.3 Å². The lowest BCUT2D eigenvalue weighted by molar-refractivity contribution is -0.384. The molecule has 7 heteroatoms. The monoisotopic (exact) mass is 327 g/mol. The maximum Gasteiger partial charge on any atom is 0.269 e. The van der Waals surface area contributed by atoms with Crippen LogP contribution in [0.1, 0.15) is 26.5 Å². The van der Waals surface area contributed by atoms with Crippen LogP contribution in [0, 0.1) is 24.0 Å². The number of nitrogens with zero attached hydrogens (tertiary/aromatic N) is 2. The third kappa shape index (κ3) is 2.55. The van der Waals surface area contributed by atoms with Crippen molar-refractivity contribution in [3.8, 4) is 0 Å². The molecule has 0 bridgehead atoms. The normalized spacial score (nSPS) is 10.9. The second-order valence-electron chi connectivity index (χ2n) is 5.20. The average Bonchev–Trinajstić information content (AvgIpc) is 2.80. The molecule has 0 unspecified atom stereocenters. The maximum atomic E-state index is 12.8. The van der Waals surface area contributed by atoms with Gasteiger partial charge in [-0.3, -0.25) is 14.9 Å². The molecule has 116 valence electrons. The van der Waals surface area contributed by atoms with Crippen LogP contribution < -0.4 is 5.73 Å². The maximum absolute atomic E-state index is 12.8. The van der Waals surface area contributed by atoms with Crippen molar-refractivity contribution in [1.82, 2.24) is 4.98 Å². The molecular weight excluding hydrogens is 314 g/mol. The molecule has 0 aliphatic carbocycles. The number of nitro groups is 1. The van der Waals surface area contributed by atoms with Gasteiger partial charge in [-0.15, -0.1) is 11.3 Å².